The van der Waals surface area contributed by atoms with Crippen molar-refractivity contribution in [3.05, 3.63) is 136 Å². The number of aromatic nitrogens is 1. The Balaban J connectivity index is 1.62. The van der Waals surface area contributed by atoms with E-state index in [0.717, 1.165) is 45.4 Å². The smallest absolute Gasteiger partial charge is 0.335 e. The quantitative estimate of drug-likeness (QED) is 0.204. The monoisotopic (exact) mass is 538 g/mol. The molecule has 0 saturated heterocycles. The van der Waals surface area contributed by atoms with Gasteiger partial charge in [0.25, 0.3) is 0 Å². The number of nitrogens with zero attached hydrogens (tertiary/aromatic N) is 2. The minimum absolute atomic E-state index is 0.0276. The summed E-state index contributed by atoms with van der Waals surface area (Å²) in [7, 11) is 2.00. The van der Waals surface area contributed by atoms with Crippen LogP contribution in [0.25, 0.3) is 10.9 Å². The lowest BCUT2D eigenvalue weighted by atomic mass is 9.97. The average Bonchev–Trinajstić information content (AvgIpc) is 3.25. The number of hydrogen-bond acceptors (Lipinski definition) is 3. The van der Waals surface area contributed by atoms with E-state index in [1.54, 1.807) is 12.1 Å². The molecular formula is C33H31ClN2O3. The molecule has 2 N–H and O–H groups in total. The number of aromatic carboxylic acids is 1. The number of aliphatic hydroxyl groups is 1. The number of hydrogen-bond donors (Lipinski definition) is 2. The Morgan fingerprint density at radius 3 is 2.05 bits per heavy atom. The van der Waals surface area contributed by atoms with E-state index in [-0.39, 0.29) is 18.2 Å². The van der Waals surface area contributed by atoms with Crippen molar-refractivity contribution < 1.29 is 15.0 Å². The topological polar surface area (TPSA) is 65.7 Å². The van der Waals surface area contributed by atoms with Crippen LogP contribution in [0.15, 0.2) is 103 Å². The Hall–Kier alpha value is -4.06. The van der Waals surface area contributed by atoms with Gasteiger partial charge in [0.1, 0.15) is 0 Å². The maximum absolute atomic E-state index is 11.3. The van der Waals surface area contributed by atoms with Gasteiger partial charge < -0.3 is 19.7 Å². The van der Waals surface area contributed by atoms with Gasteiger partial charge in [-0.25, -0.2) is 4.79 Å². The van der Waals surface area contributed by atoms with Crippen LogP contribution in [0.4, 0.5) is 5.69 Å². The number of carboxylic acids is 1. The lowest BCUT2D eigenvalue weighted by Gasteiger charge is -2.25. The summed E-state index contributed by atoms with van der Waals surface area (Å²) in [4.78, 5) is 13.4. The van der Waals surface area contributed by atoms with Crippen LogP contribution in [0.5, 0.6) is 0 Å². The third-order valence-corrected chi connectivity index (χ3v) is 7.51. The fraction of sp³-hybridized carbons (Fsp3) is 0.182. The van der Waals surface area contributed by atoms with Crippen LogP contribution in [0.1, 0.15) is 38.8 Å². The molecule has 1 aromatic heterocycles. The van der Waals surface area contributed by atoms with Gasteiger partial charge in [-0.05, 0) is 65.6 Å². The van der Waals surface area contributed by atoms with Crippen molar-refractivity contribution in [2.75, 3.05) is 25.1 Å². The van der Waals surface area contributed by atoms with Gasteiger partial charge in [0.15, 0.2) is 0 Å². The molecule has 0 unspecified atom stereocenters. The van der Waals surface area contributed by atoms with E-state index in [9.17, 15) is 15.0 Å². The molecule has 5 rings (SSSR count). The summed E-state index contributed by atoms with van der Waals surface area (Å²) < 4.78 is 2.36. The first-order valence-corrected chi connectivity index (χ1v) is 13.4. The van der Waals surface area contributed by atoms with Crippen molar-refractivity contribution in [1.82, 2.24) is 4.57 Å². The highest BCUT2D eigenvalue weighted by atomic mass is 35.5. The highest BCUT2D eigenvalue weighted by Crippen LogP contribution is 2.37. The van der Waals surface area contributed by atoms with Gasteiger partial charge in [0, 0.05) is 53.9 Å². The minimum Gasteiger partial charge on any atom is -0.478 e. The van der Waals surface area contributed by atoms with Crippen molar-refractivity contribution in [3.8, 4) is 0 Å². The first-order valence-electron chi connectivity index (χ1n) is 13.0. The van der Waals surface area contributed by atoms with Crippen LogP contribution in [0.3, 0.4) is 0 Å². The molecule has 0 spiro atoms. The number of halogens is 1. The van der Waals surface area contributed by atoms with Gasteiger partial charge in [0.05, 0.1) is 11.6 Å². The van der Waals surface area contributed by atoms with Gasteiger partial charge >= 0.3 is 5.97 Å². The number of aliphatic hydroxyl groups excluding tert-OH is 1. The fourth-order valence-corrected chi connectivity index (χ4v) is 5.56. The highest BCUT2D eigenvalue weighted by molar-refractivity contribution is 6.31. The second kappa shape index (κ2) is 11.8. The molecule has 39 heavy (non-hydrogen) atoms. The molecular weight excluding hydrogens is 508 g/mol. The zero-order chi connectivity index (χ0) is 27.4. The van der Waals surface area contributed by atoms with Crippen LogP contribution >= 0.6 is 11.6 Å². The van der Waals surface area contributed by atoms with Crippen molar-refractivity contribution in [1.29, 1.82) is 0 Å². The summed E-state index contributed by atoms with van der Waals surface area (Å²) in [5, 5.41) is 21.2. The van der Waals surface area contributed by atoms with E-state index < -0.39 is 5.97 Å². The zero-order valence-electron chi connectivity index (χ0n) is 21.8. The molecule has 5 aromatic rings. The lowest BCUT2D eigenvalue weighted by molar-refractivity contribution is 0.0697. The molecule has 0 radical (unpaired) electrons. The van der Waals surface area contributed by atoms with Crippen LogP contribution in [-0.4, -0.2) is 40.9 Å². The molecule has 0 aliphatic carbocycles. The molecule has 0 aliphatic heterocycles. The van der Waals surface area contributed by atoms with Gasteiger partial charge in [-0.1, -0.05) is 72.3 Å². The summed E-state index contributed by atoms with van der Waals surface area (Å²) in [5.74, 6) is -0.936. The Morgan fingerprint density at radius 1 is 0.872 bits per heavy atom. The molecule has 1 heterocycles. The summed E-state index contributed by atoms with van der Waals surface area (Å²) in [6.07, 6.45) is 1.24. The van der Waals surface area contributed by atoms with Gasteiger partial charge in [-0.3, -0.25) is 0 Å². The van der Waals surface area contributed by atoms with Crippen molar-refractivity contribution in [2.45, 2.75) is 18.9 Å². The maximum Gasteiger partial charge on any atom is 0.335 e. The molecule has 0 bridgehead atoms. The van der Waals surface area contributed by atoms with Crippen molar-refractivity contribution in [2.24, 2.45) is 0 Å². The SMILES string of the molecule is CN(CCc1c(CCO)n(C(c2ccccc2)c2ccccc2)c2ccc(Cl)cc12)c1ccc(C(=O)O)cc1. The number of likely N-dealkylation sites (N-methyl/N-ethyl adjacent to an activating group) is 1. The van der Waals surface area contributed by atoms with Crippen LogP contribution in [0, 0.1) is 0 Å². The van der Waals surface area contributed by atoms with Crippen LogP contribution < -0.4 is 4.90 Å². The molecule has 0 aliphatic rings. The van der Waals surface area contributed by atoms with Crippen LogP contribution in [-0.2, 0) is 12.8 Å². The van der Waals surface area contributed by atoms with Crippen molar-refractivity contribution >= 4 is 34.2 Å². The first kappa shape index (κ1) is 26.5. The molecule has 0 fully saturated rings. The Labute approximate surface area is 233 Å². The number of rotatable bonds is 10. The second-order valence-electron chi connectivity index (χ2n) is 9.68. The average molecular weight is 539 g/mol. The van der Waals surface area contributed by atoms with E-state index in [1.807, 2.05) is 43.4 Å². The van der Waals surface area contributed by atoms with E-state index in [1.165, 1.54) is 0 Å². The second-order valence-corrected chi connectivity index (χ2v) is 10.1. The Bertz CT molecular complexity index is 1520. The Kier molecular flexibility index (Phi) is 8.01. The number of carbonyl (C=O) groups is 1. The summed E-state index contributed by atoms with van der Waals surface area (Å²) in [6.45, 7) is 0.734. The van der Waals surface area contributed by atoms with Gasteiger partial charge in [0.2, 0.25) is 0 Å². The molecule has 5 nitrogen and oxygen atoms in total. The largest absolute Gasteiger partial charge is 0.478 e. The minimum atomic E-state index is -0.936. The molecule has 6 heteroatoms. The van der Waals surface area contributed by atoms with Gasteiger partial charge in [-0.15, -0.1) is 0 Å². The standard InChI is InChI=1S/C33H31ClN2O3/c1-35(27-15-12-25(13-16-27)33(38)39)20-18-28-29-22-26(34)14-17-30(29)36(31(28)19-21-37)32(23-8-4-2-5-9-23)24-10-6-3-7-11-24/h2-17,22,32,37H,18-21H2,1H3,(H,38,39). The first-order chi connectivity index (χ1) is 19.0. The fourth-order valence-electron chi connectivity index (χ4n) is 5.39. The highest BCUT2D eigenvalue weighted by Gasteiger charge is 2.25. The van der Waals surface area contributed by atoms with Gasteiger partial charge in [-0.2, -0.15) is 0 Å². The maximum atomic E-state index is 11.3. The summed E-state index contributed by atoms with van der Waals surface area (Å²) in [6, 6.07) is 33.8. The van der Waals surface area contributed by atoms with E-state index in [4.69, 9.17) is 11.6 Å². The van der Waals surface area contributed by atoms with Crippen molar-refractivity contribution in [3.63, 3.8) is 0 Å². The Morgan fingerprint density at radius 2 is 1.49 bits per heavy atom. The number of carboxylic acid groups (broad SMARTS) is 1. The molecule has 198 valence electrons. The van der Waals surface area contributed by atoms with E-state index >= 15 is 0 Å². The molecule has 0 atom stereocenters. The zero-order valence-corrected chi connectivity index (χ0v) is 22.6. The molecule has 4 aromatic carbocycles. The predicted octanol–water partition coefficient (Wildman–Crippen LogP) is 6.84. The molecule has 0 saturated carbocycles. The van der Waals surface area contributed by atoms with E-state index in [0.29, 0.717) is 18.0 Å². The number of fused-ring (bicyclic) bond motifs is 1. The van der Waals surface area contributed by atoms with E-state index in [2.05, 4.69) is 64.1 Å². The number of benzene rings is 4. The third-order valence-electron chi connectivity index (χ3n) is 7.27. The molecule has 0 amide bonds. The predicted molar refractivity (Wildman–Crippen MR) is 158 cm³/mol. The number of anilines is 1. The third kappa shape index (κ3) is 5.56. The lowest BCUT2D eigenvalue weighted by Crippen LogP contribution is -2.21. The summed E-state index contributed by atoms with van der Waals surface area (Å²) >= 11 is 6.52. The normalized spacial score (nSPS) is 11.3. The summed E-state index contributed by atoms with van der Waals surface area (Å²) in [5.41, 5.74) is 6.85. The van der Waals surface area contributed by atoms with Crippen LogP contribution in [0.2, 0.25) is 5.02 Å².